The molecule has 8 heteroatoms. The van der Waals surface area contributed by atoms with Crippen molar-refractivity contribution in [2.24, 2.45) is 5.73 Å². The van der Waals surface area contributed by atoms with Crippen molar-refractivity contribution in [3.05, 3.63) is 75.6 Å². The van der Waals surface area contributed by atoms with Gasteiger partial charge in [-0.15, -0.1) is 22.6 Å². The summed E-state index contributed by atoms with van der Waals surface area (Å²) in [4.78, 5) is 0. The fraction of sp³-hybridized carbons (Fsp3) is 0.176. The zero-order valence-electron chi connectivity index (χ0n) is 13.1. The maximum absolute atomic E-state index is 6.16. The van der Waals surface area contributed by atoms with E-state index in [0.29, 0.717) is 33.3 Å². The molecule has 1 aromatic heterocycles. The van der Waals surface area contributed by atoms with Gasteiger partial charge in [-0.05, 0) is 29.7 Å². The fourth-order valence-corrected chi connectivity index (χ4v) is 3.70. The van der Waals surface area contributed by atoms with Gasteiger partial charge in [0.05, 0.1) is 6.04 Å². The molecule has 0 fully saturated rings. The van der Waals surface area contributed by atoms with Crippen molar-refractivity contribution in [2.45, 2.75) is 23.4 Å². The van der Waals surface area contributed by atoms with Crippen LogP contribution in [0.1, 0.15) is 23.1 Å². The molecule has 0 aliphatic rings. The molecule has 132 valence electrons. The van der Waals surface area contributed by atoms with E-state index in [1.54, 1.807) is 12.1 Å². The first-order valence-corrected chi connectivity index (χ1v) is 9.06. The molecule has 0 aliphatic heterocycles. The summed E-state index contributed by atoms with van der Waals surface area (Å²) in [7, 11) is 0. The lowest BCUT2D eigenvalue weighted by atomic mass is 10.1. The van der Waals surface area contributed by atoms with Gasteiger partial charge in [0, 0.05) is 15.8 Å². The number of thioether (sulfide) groups is 1. The van der Waals surface area contributed by atoms with Crippen LogP contribution in [-0.4, -0.2) is 10.2 Å². The lowest BCUT2D eigenvalue weighted by molar-refractivity contribution is 0.385. The maximum Gasteiger partial charge on any atom is 0.276 e. The number of nitrogens with zero attached hydrogens (tertiary/aromatic N) is 2. The average Bonchev–Trinajstić information content (AvgIpc) is 3.04. The minimum absolute atomic E-state index is 0. The minimum atomic E-state index is -0.335. The van der Waals surface area contributed by atoms with E-state index in [1.165, 1.54) is 11.8 Å². The first kappa shape index (κ1) is 20.1. The first-order chi connectivity index (χ1) is 11.6. The normalized spacial score (nSPS) is 11.8. The Balaban J connectivity index is 0.00000225. The van der Waals surface area contributed by atoms with Crippen LogP contribution in [0, 0.1) is 0 Å². The van der Waals surface area contributed by atoms with Crippen LogP contribution >= 0.6 is 47.4 Å². The Bertz CT molecular complexity index is 794. The Morgan fingerprint density at radius 2 is 1.68 bits per heavy atom. The Morgan fingerprint density at radius 1 is 1.00 bits per heavy atom. The van der Waals surface area contributed by atoms with Gasteiger partial charge in [0.2, 0.25) is 5.89 Å². The second kappa shape index (κ2) is 9.46. The highest BCUT2D eigenvalue weighted by atomic mass is 35.5. The van der Waals surface area contributed by atoms with Crippen molar-refractivity contribution < 1.29 is 4.42 Å². The van der Waals surface area contributed by atoms with E-state index in [1.807, 2.05) is 36.4 Å². The summed E-state index contributed by atoms with van der Waals surface area (Å²) in [6.45, 7) is 0. The maximum atomic E-state index is 6.16. The number of hydrogen-bond acceptors (Lipinski definition) is 5. The lowest BCUT2D eigenvalue weighted by Crippen LogP contribution is -2.13. The molecule has 0 radical (unpaired) electrons. The molecule has 4 nitrogen and oxygen atoms in total. The molecule has 0 saturated heterocycles. The Labute approximate surface area is 166 Å². The summed E-state index contributed by atoms with van der Waals surface area (Å²) in [5.41, 5.74) is 8.12. The van der Waals surface area contributed by atoms with Crippen molar-refractivity contribution in [3.8, 4) is 0 Å². The van der Waals surface area contributed by atoms with Gasteiger partial charge < -0.3 is 10.2 Å². The molecule has 1 heterocycles. The Kier molecular flexibility index (Phi) is 7.59. The zero-order valence-corrected chi connectivity index (χ0v) is 16.2. The molecule has 2 N–H and O–H groups in total. The van der Waals surface area contributed by atoms with Crippen LogP contribution in [0.2, 0.25) is 10.0 Å². The minimum Gasteiger partial charge on any atom is -0.414 e. The molecule has 1 unspecified atom stereocenters. The lowest BCUT2D eigenvalue weighted by Gasteiger charge is -2.06. The average molecular weight is 417 g/mol. The monoisotopic (exact) mass is 415 g/mol. The summed E-state index contributed by atoms with van der Waals surface area (Å²) in [5.74, 6) is 0.972. The number of aromatic nitrogens is 2. The molecular weight excluding hydrogens is 401 g/mol. The van der Waals surface area contributed by atoms with Gasteiger partial charge in [-0.1, -0.05) is 71.4 Å². The smallest absolute Gasteiger partial charge is 0.276 e. The third kappa shape index (κ3) is 5.36. The van der Waals surface area contributed by atoms with Gasteiger partial charge in [0.25, 0.3) is 5.22 Å². The predicted octanol–water partition coefficient (Wildman–Crippen LogP) is 5.33. The molecule has 1 atom stereocenters. The largest absolute Gasteiger partial charge is 0.414 e. The van der Waals surface area contributed by atoms with Crippen LogP contribution in [0.3, 0.4) is 0 Å². The van der Waals surface area contributed by atoms with Crippen molar-refractivity contribution in [1.82, 2.24) is 10.2 Å². The Morgan fingerprint density at radius 3 is 2.36 bits per heavy atom. The van der Waals surface area contributed by atoms with Crippen LogP contribution in [0.25, 0.3) is 0 Å². The van der Waals surface area contributed by atoms with Gasteiger partial charge in [-0.3, -0.25) is 0 Å². The van der Waals surface area contributed by atoms with E-state index in [4.69, 9.17) is 33.4 Å². The van der Waals surface area contributed by atoms with E-state index in [-0.39, 0.29) is 18.4 Å². The summed E-state index contributed by atoms with van der Waals surface area (Å²) in [6, 6.07) is 15.0. The summed E-state index contributed by atoms with van der Waals surface area (Å²) in [6.07, 6.45) is 0.642. The molecule has 0 amide bonds. The van der Waals surface area contributed by atoms with E-state index >= 15 is 0 Å². The predicted molar refractivity (Wildman–Crippen MR) is 105 cm³/mol. The van der Waals surface area contributed by atoms with Crippen LogP contribution in [0.5, 0.6) is 0 Å². The molecule has 0 spiro atoms. The van der Waals surface area contributed by atoms with Gasteiger partial charge in [-0.2, -0.15) is 0 Å². The van der Waals surface area contributed by atoms with Crippen molar-refractivity contribution in [3.63, 3.8) is 0 Å². The summed E-state index contributed by atoms with van der Waals surface area (Å²) < 4.78 is 5.65. The quantitative estimate of drug-likeness (QED) is 0.550. The topological polar surface area (TPSA) is 64.9 Å². The zero-order chi connectivity index (χ0) is 16.9. The van der Waals surface area contributed by atoms with Gasteiger partial charge in [0.1, 0.15) is 0 Å². The van der Waals surface area contributed by atoms with E-state index in [2.05, 4.69) is 10.2 Å². The third-order valence-electron chi connectivity index (χ3n) is 3.44. The fourth-order valence-electron chi connectivity index (χ4n) is 2.19. The van der Waals surface area contributed by atoms with E-state index in [0.717, 1.165) is 11.1 Å². The number of nitrogens with two attached hydrogens (primary N) is 1. The molecular formula is C17H16Cl3N3OS. The molecule has 2 aromatic carbocycles. The highest BCUT2D eigenvalue weighted by Crippen LogP contribution is 2.31. The van der Waals surface area contributed by atoms with Crippen LogP contribution < -0.4 is 5.73 Å². The van der Waals surface area contributed by atoms with Crippen molar-refractivity contribution >= 4 is 47.4 Å². The number of rotatable bonds is 6. The van der Waals surface area contributed by atoms with Crippen LogP contribution in [0.4, 0.5) is 0 Å². The highest BCUT2D eigenvalue weighted by molar-refractivity contribution is 7.98. The molecule has 3 aromatic rings. The number of hydrogen-bond donors (Lipinski definition) is 1. The van der Waals surface area contributed by atoms with E-state index < -0.39 is 0 Å². The second-order valence-corrected chi connectivity index (χ2v) is 6.93. The van der Waals surface area contributed by atoms with Crippen molar-refractivity contribution in [2.75, 3.05) is 0 Å². The van der Waals surface area contributed by atoms with E-state index in [9.17, 15) is 0 Å². The Hall–Kier alpha value is -1.24. The number of halogens is 3. The number of benzene rings is 2. The highest BCUT2D eigenvalue weighted by Gasteiger charge is 2.16. The first-order valence-electron chi connectivity index (χ1n) is 7.32. The second-order valence-electron chi connectivity index (χ2n) is 5.19. The molecule has 0 saturated carbocycles. The van der Waals surface area contributed by atoms with Gasteiger partial charge >= 0.3 is 0 Å². The molecule has 3 rings (SSSR count). The summed E-state index contributed by atoms with van der Waals surface area (Å²) >= 11 is 13.7. The van der Waals surface area contributed by atoms with Crippen molar-refractivity contribution in [1.29, 1.82) is 0 Å². The standard InChI is InChI=1S/C17H15Cl2N3OS.ClH/c18-13-7-4-8-14(19)12(13)10-24-17-22-21-16(23-17)15(20)9-11-5-2-1-3-6-11;/h1-8,15H,9-10,20H2;1H. The molecule has 0 bridgehead atoms. The SMILES string of the molecule is Cl.NC(Cc1ccccc1)c1nnc(SCc2c(Cl)cccc2Cl)o1. The third-order valence-corrected chi connectivity index (χ3v) is 4.99. The van der Waals surface area contributed by atoms with Gasteiger partial charge in [-0.25, -0.2) is 0 Å². The molecule has 25 heavy (non-hydrogen) atoms. The van der Waals surface area contributed by atoms with Crippen LogP contribution in [0.15, 0.2) is 58.2 Å². The molecule has 0 aliphatic carbocycles. The van der Waals surface area contributed by atoms with Gasteiger partial charge in [0.15, 0.2) is 0 Å². The summed E-state index contributed by atoms with van der Waals surface area (Å²) in [5, 5.41) is 9.76. The van der Waals surface area contributed by atoms with Crippen LogP contribution in [-0.2, 0) is 12.2 Å².